The molecule has 2 fully saturated rings. The Balaban J connectivity index is 1.31. The molecule has 0 spiro atoms. The van der Waals surface area contributed by atoms with Crippen molar-refractivity contribution in [2.75, 3.05) is 26.9 Å². The maximum atomic E-state index is 14.9. The third kappa shape index (κ3) is 13.0. The zero-order chi connectivity index (χ0) is 47.7. The molecule has 2 bridgehead atoms. The molecule has 14 nitrogen and oxygen atoms in total. The summed E-state index contributed by atoms with van der Waals surface area (Å²) in [7, 11) is 1.41. The number of aromatic hydroxyl groups is 1. The predicted molar refractivity (Wildman–Crippen MR) is 248 cm³/mol. The third-order valence-corrected chi connectivity index (χ3v) is 14.4. The molecule has 0 radical (unpaired) electrons. The summed E-state index contributed by atoms with van der Waals surface area (Å²) in [6.07, 6.45) is 4.84. The Bertz CT molecular complexity index is 1980. The molecule has 6 rings (SSSR count). The van der Waals surface area contributed by atoms with Crippen molar-refractivity contribution in [3.63, 3.8) is 0 Å². The second-order valence-corrected chi connectivity index (χ2v) is 20.0. The minimum Gasteiger partial charge on any atom is -0.504 e. The number of carbonyl (C=O) groups is 2. The highest BCUT2D eigenvalue weighted by Gasteiger charge is 2.60. The molecular weight excluding hydrogens is 847 g/mol. The van der Waals surface area contributed by atoms with Gasteiger partial charge in [0.1, 0.15) is 12.2 Å². The van der Waals surface area contributed by atoms with Crippen molar-refractivity contribution in [1.82, 2.24) is 5.32 Å². The van der Waals surface area contributed by atoms with E-state index in [4.69, 9.17) is 18.9 Å². The number of hydrogen-bond donors (Lipinski definition) is 8. The fourth-order valence-electron chi connectivity index (χ4n) is 10.6. The standard InChI is InChI=1S/C52H75NO13/c1-30(2)6-15-40(57)26-37-10-7-31(3)22-36(37)14-17-46(59)64-49-47(60)48-43(53-28-32(4)56)18-20-52(62,66-48)50(49)65-51(61)39(23-34-9-16-44(58)45(25-34)63-5)27-42-38(29-55)13-12-35-11-8-33(19-21-54)24-41(35)42/h8-9,11,16,18,20,23-25,30-32,36-38,40,42-43,47-50,53-58,60,62H,6-7,10,12-15,17,19,21-22,26-29H2,1-5H3/b39-23+/t31-,32-,36+,37+,38+,40+,42-,43-,47-,48-,49+,50+,52+/m0/s1. The number of phenols is 1. The Morgan fingerprint density at radius 3 is 2.50 bits per heavy atom. The van der Waals surface area contributed by atoms with Gasteiger partial charge in [0.2, 0.25) is 5.79 Å². The first kappa shape index (κ1) is 51.5. The number of rotatable bonds is 21. The number of nitrogens with one attached hydrogen (secondary N) is 1. The predicted octanol–water partition coefficient (Wildman–Crippen LogP) is 5.25. The Morgan fingerprint density at radius 2 is 1.79 bits per heavy atom. The maximum absolute atomic E-state index is 14.9. The lowest BCUT2D eigenvalue weighted by Gasteiger charge is -2.51. The molecule has 366 valence electrons. The summed E-state index contributed by atoms with van der Waals surface area (Å²) in [4.78, 5) is 28.9. The first-order valence-electron chi connectivity index (χ1n) is 24.2. The van der Waals surface area contributed by atoms with Gasteiger partial charge in [0.15, 0.2) is 23.7 Å². The molecular formula is C52H75NO13. The van der Waals surface area contributed by atoms with Crippen LogP contribution in [0.15, 0.2) is 54.1 Å². The first-order chi connectivity index (χ1) is 31.5. The number of methoxy groups -OCH3 is 1. The van der Waals surface area contributed by atoms with Crippen molar-refractivity contribution in [2.45, 2.75) is 159 Å². The number of aliphatic hydroxyl groups excluding tert-OH is 5. The number of fused-ring (bicyclic) bond motifs is 3. The van der Waals surface area contributed by atoms with Crippen LogP contribution in [0, 0.1) is 29.6 Å². The van der Waals surface area contributed by atoms with Crippen molar-refractivity contribution in [2.24, 2.45) is 29.6 Å². The number of ether oxygens (including phenoxy) is 4. The SMILES string of the molecule is COc1cc(/C=C(\C[C@@H]2c3cc(CCO)ccc3CC[C@@H]2CO)C(=O)O[C@@H]2[C@H](OC(=O)CC[C@@H]3C[C@@H](C)CC[C@@H]3C[C@H](O)CCC(C)C)[C@@H](O)[C@H]3O[C@]2(O)C=C[C@@H]3NC[C@H](C)O)ccc1O. The van der Waals surface area contributed by atoms with Crippen molar-refractivity contribution in [3.8, 4) is 11.5 Å². The second kappa shape index (κ2) is 23.4. The van der Waals surface area contributed by atoms with Gasteiger partial charge in [-0.15, -0.1) is 0 Å². The lowest BCUT2D eigenvalue weighted by molar-refractivity contribution is -0.333. The number of phenolic OH excluding ortho intramolecular Hbond substituents is 1. The summed E-state index contributed by atoms with van der Waals surface area (Å²) in [5, 5.41) is 79.2. The van der Waals surface area contributed by atoms with Crippen LogP contribution in [0.2, 0.25) is 0 Å². The van der Waals surface area contributed by atoms with E-state index >= 15 is 0 Å². The molecule has 1 saturated carbocycles. The molecule has 14 heteroatoms. The normalized spacial score (nSPS) is 30.6. The van der Waals surface area contributed by atoms with Gasteiger partial charge < -0.3 is 60.0 Å². The zero-order valence-electron chi connectivity index (χ0n) is 39.4. The molecule has 66 heavy (non-hydrogen) atoms. The molecule has 4 aliphatic rings. The van der Waals surface area contributed by atoms with E-state index in [0.29, 0.717) is 49.5 Å². The second-order valence-electron chi connectivity index (χ2n) is 20.0. The number of carbonyl (C=O) groups excluding carboxylic acids is 2. The number of aryl methyl sites for hydroxylation is 1. The van der Waals surface area contributed by atoms with Crippen molar-refractivity contribution in [3.05, 3.63) is 76.4 Å². The average molecular weight is 922 g/mol. The highest BCUT2D eigenvalue weighted by atomic mass is 16.7. The Labute approximate surface area is 390 Å². The summed E-state index contributed by atoms with van der Waals surface area (Å²) < 4.78 is 23.8. The van der Waals surface area contributed by atoms with Gasteiger partial charge in [0, 0.05) is 31.8 Å². The highest BCUT2D eigenvalue weighted by Crippen LogP contribution is 2.44. The van der Waals surface area contributed by atoms with Crippen LogP contribution < -0.4 is 10.1 Å². The maximum Gasteiger partial charge on any atom is 0.334 e. The zero-order valence-corrected chi connectivity index (χ0v) is 39.4. The van der Waals surface area contributed by atoms with Crippen LogP contribution >= 0.6 is 0 Å². The van der Waals surface area contributed by atoms with E-state index in [9.17, 15) is 45.3 Å². The van der Waals surface area contributed by atoms with E-state index in [1.54, 1.807) is 31.2 Å². The summed E-state index contributed by atoms with van der Waals surface area (Å²) in [5.74, 6) is -3.08. The van der Waals surface area contributed by atoms with E-state index in [-0.39, 0.29) is 73.3 Å². The van der Waals surface area contributed by atoms with Gasteiger partial charge in [-0.2, -0.15) is 0 Å². The Hall–Kier alpha value is -3.86. The molecule has 13 atom stereocenters. The molecule has 0 amide bonds. The van der Waals surface area contributed by atoms with Crippen molar-refractivity contribution < 1.29 is 64.3 Å². The molecule has 8 N–H and O–H groups in total. The van der Waals surface area contributed by atoms with Gasteiger partial charge in [-0.1, -0.05) is 57.5 Å². The number of aliphatic hydroxyl groups is 6. The molecule has 2 aromatic rings. The van der Waals surface area contributed by atoms with E-state index in [1.165, 1.54) is 19.3 Å². The molecule has 2 aliphatic carbocycles. The lowest BCUT2D eigenvalue weighted by atomic mass is 9.70. The molecule has 1 saturated heterocycles. The summed E-state index contributed by atoms with van der Waals surface area (Å²) in [5.41, 5.74) is 3.51. The highest BCUT2D eigenvalue weighted by molar-refractivity contribution is 5.94. The van der Waals surface area contributed by atoms with Gasteiger partial charge in [-0.3, -0.25) is 4.79 Å². The first-order valence-corrected chi connectivity index (χ1v) is 24.2. The molecule has 0 unspecified atom stereocenters. The van der Waals surface area contributed by atoms with Crippen LogP contribution in [-0.2, 0) is 36.6 Å². The minimum atomic E-state index is -2.35. The molecule has 2 heterocycles. The number of benzene rings is 2. The monoisotopic (exact) mass is 922 g/mol. The molecule has 2 aliphatic heterocycles. The minimum absolute atomic E-state index is 0.000888. The number of hydrogen-bond acceptors (Lipinski definition) is 14. The van der Waals surface area contributed by atoms with E-state index in [2.05, 4.69) is 26.1 Å². The van der Waals surface area contributed by atoms with Crippen LogP contribution in [0.1, 0.15) is 120 Å². The van der Waals surface area contributed by atoms with Crippen LogP contribution in [0.4, 0.5) is 0 Å². The largest absolute Gasteiger partial charge is 0.504 e. The Morgan fingerprint density at radius 1 is 1.00 bits per heavy atom. The van der Waals surface area contributed by atoms with Crippen LogP contribution in [0.25, 0.3) is 6.08 Å². The van der Waals surface area contributed by atoms with Crippen LogP contribution in [0.3, 0.4) is 0 Å². The quantitative estimate of drug-likeness (QED) is 0.0455. The van der Waals surface area contributed by atoms with E-state index in [0.717, 1.165) is 48.8 Å². The van der Waals surface area contributed by atoms with E-state index in [1.807, 2.05) is 18.2 Å². The van der Waals surface area contributed by atoms with Crippen LogP contribution in [0.5, 0.6) is 11.5 Å². The smallest absolute Gasteiger partial charge is 0.334 e. The van der Waals surface area contributed by atoms with Gasteiger partial charge in [-0.05, 0) is 153 Å². The van der Waals surface area contributed by atoms with Gasteiger partial charge in [0.25, 0.3) is 0 Å². The third-order valence-electron chi connectivity index (χ3n) is 14.4. The number of esters is 2. The van der Waals surface area contributed by atoms with Crippen molar-refractivity contribution >= 4 is 18.0 Å². The average Bonchev–Trinajstić information content (AvgIpc) is 3.28. The summed E-state index contributed by atoms with van der Waals surface area (Å²) >= 11 is 0. The summed E-state index contributed by atoms with van der Waals surface area (Å²) in [6.45, 7) is 8.02. The lowest BCUT2D eigenvalue weighted by Crippen LogP contribution is -2.71. The fourth-order valence-corrected chi connectivity index (χ4v) is 10.6. The molecule has 0 aromatic heterocycles. The van der Waals surface area contributed by atoms with Gasteiger partial charge in [-0.25, -0.2) is 4.79 Å². The van der Waals surface area contributed by atoms with Gasteiger partial charge >= 0.3 is 11.9 Å². The van der Waals surface area contributed by atoms with Crippen molar-refractivity contribution in [1.29, 1.82) is 0 Å². The van der Waals surface area contributed by atoms with Gasteiger partial charge in [0.05, 0.1) is 25.4 Å². The van der Waals surface area contributed by atoms with E-state index < -0.39 is 60.4 Å². The Kier molecular flexibility index (Phi) is 18.3. The topological polar surface area (TPSA) is 225 Å². The van der Waals surface area contributed by atoms with Crippen LogP contribution in [-0.4, -0.2) is 123 Å². The summed E-state index contributed by atoms with van der Waals surface area (Å²) in [6, 6.07) is 9.89. The molecule has 2 aromatic carbocycles. The fraction of sp³-hybridized carbons (Fsp3) is 0.654.